The van der Waals surface area contributed by atoms with Crippen LogP contribution in [0, 0.1) is 6.92 Å². The van der Waals surface area contributed by atoms with E-state index in [1.54, 1.807) is 4.57 Å². The SMILES string of the molecule is C=Nc1c(C)[nH]c(=O)n1Cc1ccccc1. The zero-order valence-electron chi connectivity index (χ0n) is 9.10. The average molecular weight is 215 g/mol. The maximum Gasteiger partial charge on any atom is 0.327 e. The van der Waals surface area contributed by atoms with Gasteiger partial charge in [0.1, 0.15) is 0 Å². The molecule has 16 heavy (non-hydrogen) atoms. The first kappa shape index (κ1) is 10.4. The number of hydrogen-bond acceptors (Lipinski definition) is 2. The highest BCUT2D eigenvalue weighted by atomic mass is 16.1. The summed E-state index contributed by atoms with van der Waals surface area (Å²) in [5, 5.41) is 0. The maximum absolute atomic E-state index is 11.6. The summed E-state index contributed by atoms with van der Waals surface area (Å²) >= 11 is 0. The van der Waals surface area contributed by atoms with Gasteiger partial charge in [0, 0.05) is 0 Å². The van der Waals surface area contributed by atoms with Crippen LogP contribution in [0.5, 0.6) is 0 Å². The number of aliphatic imine (C=N–C) groups is 1. The van der Waals surface area contributed by atoms with Gasteiger partial charge in [-0.1, -0.05) is 30.3 Å². The molecule has 2 aromatic rings. The number of H-pyrrole nitrogens is 1. The molecule has 0 saturated heterocycles. The van der Waals surface area contributed by atoms with Crippen molar-refractivity contribution in [3.8, 4) is 0 Å². The predicted molar refractivity (Wildman–Crippen MR) is 64.5 cm³/mol. The molecule has 1 heterocycles. The molecule has 0 radical (unpaired) electrons. The Bertz CT molecular complexity index is 551. The number of hydrogen-bond donors (Lipinski definition) is 1. The molecule has 4 heteroatoms. The average Bonchev–Trinajstić information content (AvgIpc) is 2.55. The molecule has 0 saturated carbocycles. The van der Waals surface area contributed by atoms with E-state index in [0.717, 1.165) is 11.3 Å². The second-order valence-electron chi connectivity index (χ2n) is 3.61. The van der Waals surface area contributed by atoms with Gasteiger partial charge in [0.25, 0.3) is 0 Å². The largest absolute Gasteiger partial charge is 0.327 e. The zero-order chi connectivity index (χ0) is 11.5. The monoisotopic (exact) mass is 215 g/mol. The Kier molecular flexibility index (Phi) is 2.72. The van der Waals surface area contributed by atoms with Crippen molar-refractivity contribution in [2.45, 2.75) is 13.5 Å². The van der Waals surface area contributed by atoms with Crippen LogP contribution in [-0.4, -0.2) is 16.3 Å². The third kappa shape index (κ3) is 1.82. The topological polar surface area (TPSA) is 50.1 Å². The molecule has 4 nitrogen and oxygen atoms in total. The van der Waals surface area contributed by atoms with E-state index in [0.29, 0.717) is 12.4 Å². The summed E-state index contributed by atoms with van der Waals surface area (Å²) in [6.45, 7) is 5.80. The van der Waals surface area contributed by atoms with E-state index < -0.39 is 0 Å². The molecule has 1 N–H and O–H groups in total. The van der Waals surface area contributed by atoms with Gasteiger partial charge in [-0.25, -0.2) is 9.79 Å². The first-order valence-electron chi connectivity index (χ1n) is 5.02. The van der Waals surface area contributed by atoms with Crippen molar-refractivity contribution in [2.75, 3.05) is 0 Å². The fraction of sp³-hybridized carbons (Fsp3) is 0.167. The summed E-state index contributed by atoms with van der Waals surface area (Å²) in [4.78, 5) is 18.2. The Morgan fingerprint density at radius 1 is 1.38 bits per heavy atom. The van der Waals surface area contributed by atoms with E-state index in [4.69, 9.17) is 0 Å². The molecule has 0 aliphatic heterocycles. The van der Waals surface area contributed by atoms with Gasteiger partial charge in [0.2, 0.25) is 0 Å². The van der Waals surface area contributed by atoms with Crippen molar-refractivity contribution in [3.05, 3.63) is 52.1 Å². The molecule has 0 unspecified atom stereocenters. The van der Waals surface area contributed by atoms with E-state index in [1.165, 1.54) is 0 Å². The van der Waals surface area contributed by atoms with Gasteiger partial charge in [-0.3, -0.25) is 4.57 Å². The van der Waals surface area contributed by atoms with Gasteiger partial charge in [-0.05, 0) is 19.2 Å². The Hall–Kier alpha value is -2.10. The van der Waals surface area contributed by atoms with Crippen molar-refractivity contribution < 1.29 is 0 Å². The van der Waals surface area contributed by atoms with E-state index in [9.17, 15) is 4.79 Å². The van der Waals surface area contributed by atoms with Crippen molar-refractivity contribution in [2.24, 2.45) is 4.99 Å². The molecule has 0 fully saturated rings. The van der Waals surface area contributed by atoms with Crippen LogP contribution >= 0.6 is 0 Å². The fourth-order valence-electron chi connectivity index (χ4n) is 1.70. The number of rotatable bonds is 3. The van der Waals surface area contributed by atoms with E-state index in [2.05, 4.69) is 16.7 Å². The number of imidazole rings is 1. The van der Waals surface area contributed by atoms with E-state index in [-0.39, 0.29) is 5.69 Å². The van der Waals surface area contributed by atoms with Gasteiger partial charge < -0.3 is 4.98 Å². The Morgan fingerprint density at radius 3 is 2.69 bits per heavy atom. The Balaban J connectivity index is 2.42. The number of aryl methyl sites for hydroxylation is 1. The van der Waals surface area contributed by atoms with Crippen molar-refractivity contribution >= 4 is 12.5 Å². The summed E-state index contributed by atoms with van der Waals surface area (Å²) in [5.41, 5.74) is 1.66. The summed E-state index contributed by atoms with van der Waals surface area (Å²) in [5.74, 6) is 0.605. The van der Waals surface area contributed by atoms with Crippen LogP contribution in [0.4, 0.5) is 5.82 Å². The Labute approximate surface area is 93.3 Å². The van der Waals surface area contributed by atoms with Gasteiger partial charge in [0.15, 0.2) is 5.82 Å². The molecule has 0 spiro atoms. The van der Waals surface area contributed by atoms with Crippen LogP contribution < -0.4 is 5.69 Å². The molecule has 0 bridgehead atoms. The number of nitrogens with zero attached hydrogens (tertiary/aromatic N) is 2. The molecule has 0 aliphatic rings. The van der Waals surface area contributed by atoms with Crippen LogP contribution in [0.2, 0.25) is 0 Å². The second-order valence-corrected chi connectivity index (χ2v) is 3.61. The lowest BCUT2D eigenvalue weighted by Gasteiger charge is -2.03. The summed E-state index contributed by atoms with van der Waals surface area (Å²) < 4.78 is 1.58. The summed E-state index contributed by atoms with van der Waals surface area (Å²) in [7, 11) is 0. The third-order valence-electron chi connectivity index (χ3n) is 2.46. The smallest absolute Gasteiger partial charge is 0.308 e. The second kappa shape index (κ2) is 4.18. The van der Waals surface area contributed by atoms with Crippen molar-refractivity contribution in [1.82, 2.24) is 9.55 Å². The maximum atomic E-state index is 11.6. The van der Waals surface area contributed by atoms with Crippen LogP contribution in [0.25, 0.3) is 0 Å². The zero-order valence-corrected chi connectivity index (χ0v) is 9.10. The molecular formula is C12H13N3O. The molecule has 2 rings (SSSR count). The fourth-order valence-corrected chi connectivity index (χ4v) is 1.70. The lowest BCUT2D eigenvalue weighted by atomic mass is 10.2. The van der Waals surface area contributed by atoms with Crippen molar-refractivity contribution in [1.29, 1.82) is 0 Å². The number of aromatic nitrogens is 2. The lowest BCUT2D eigenvalue weighted by Crippen LogP contribution is -2.17. The van der Waals surface area contributed by atoms with Gasteiger partial charge >= 0.3 is 5.69 Å². The highest BCUT2D eigenvalue weighted by Gasteiger charge is 2.09. The Morgan fingerprint density at radius 2 is 2.06 bits per heavy atom. The molecule has 1 aromatic heterocycles. The standard InChI is InChI=1S/C12H13N3O/c1-9-11(13-2)15(12(16)14-9)8-10-6-4-3-5-7-10/h3-7H,2,8H2,1H3,(H,14,16). The first-order chi connectivity index (χ1) is 7.72. The predicted octanol–water partition coefficient (Wildman–Crippen LogP) is 1.87. The molecule has 82 valence electrons. The minimum atomic E-state index is -0.149. The minimum absolute atomic E-state index is 0.149. The van der Waals surface area contributed by atoms with Crippen LogP contribution in [0.1, 0.15) is 11.3 Å². The van der Waals surface area contributed by atoms with Crippen molar-refractivity contribution in [3.63, 3.8) is 0 Å². The molecule has 1 aromatic carbocycles. The molecular weight excluding hydrogens is 202 g/mol. The number of aromatic amines is 1. The van der Waals surface area contributed by atoms with Crippen LogP contribution in [0.3, 0.4) is 0 Å². The summed E-state index contributed by atoms with van der Waals surface area (Å²) in [6.07, 6.45) is 0. The van der Waals surface area contributed by atoms with Gasteiger partial charge in [-0.15, -0.1) is 0 Å². The quantitative estimate of drug-likeness (QED) is 0.781. The lowest BCUT2D eigenvalue weighted by molar-refractivity contribution is 0.765. The third-order valence-corrected chi connectivity index (χ3v) is 2.46. The van der Waals surface area contributed by atoms with Crippen LogP contribution in [-0.2, 0) is 6.54 Å². The number of benzene rings is 1. The first-order valence-corrected chi connectivity index (χ1v) is 5.02. The van der Waals surface area contributed by atoms with E-state index >= 15 is 0 Å². The van der Waals surface area contributed by atoms with E-state index in [1.807, 2.05) is 37.3 Å². The molecule has 0 amide bonds. The molecule has 0 atom stereocenters. The highest BCUT2D eigenvalue weighted by molar-refractivity contribution is 5.43. The van der Waals surface area contributed by atoms with Gasteiger partial charge in [-0.2, -0.15) is 0 Å². The van der Waals surface area contributed by atoms with Gasteiger partial charge in [0.05, 0.1) is 12.2 Å². The summed E-state index contributed by atoms with van der Waals surface area (Å²) in [6, 6.07) is 9.78. The van der Waals surface area contributed by atoms with Crippen LogP contribution in [0.15, 0.2) is 40.1 Å². The minimum Gasteiger partial charge on any atom is -0.308 e. The normalized spacial score (nSPS) is 10.3. The highest BCUT2D eigenvalue weighted by Crippen LogP contribution is 2.15. The number of nitrogens with one attached hydrogen (secondary N) is 1. The molecule has 0 aliphatic carbocycles.